The molecule has 0 spiro atoms. The Balaban J connectivity index is 0.00000240. The summed E-state index contributed by atoms with van der Waals surface area (Å²) in [5, 5.41) is 1.56. The van der Waals surface area contributed by atoms with Gasteiger partial charge in [0.1, 0.15) is 6.04 Å². The van der Waals surface area contributed by atoms with Gasteiger partial charge in [-0.2, -0.15) is 0 Å². The number of carbonyl (C=O) groups excluding carboxylic acids is 4. The second kappa shape index (κ2) is 7.93. The molecule has 7 nitrogen and oxygen atoms in total. The molecule has 0 saturated carbocycles. The molecule has 0 N–H and O–H groups in total. The highest BCUT2D eigenvalue weighted by Crippen LogP contribution is 2.33. The number of amides is 4. The lowest BCUT2D eigenvalue weighted by Gasteiger charge is -2.34. The number of rotatable bonds is 4. The number of piperidine rings is 1. The van der Waals surface area contributed by atoms with Crippen molar-refractivity contribution in [1.29, 1.82) is 0 Å². The Bertz CT molecular complexity index is 1020. The van der Waals surface area contributed by atoms with Crippen molar-refractivity contribution in [2.45, 2.75) is 18.9 Å². The lowest BCUT2D eigenvalue weighted by molar-refractivity contribution is -0.151. The van der Waals surface area contributed by atoms with E-state index in [4.69, 9.17) is 0 Å². The highest BCUT2D eigenvalue weighted by molar-refractivity contribution is 6.28. The topological polar surface area (TPSA) is 78.0 Å². The number of carbonyl (C=O) groups is 4. The van der Waals surface area contributed by atoms with E-state index < -0.39 is 23.8 Å². The largest absolute Gasteiger partial charge is 0.308 e. The molecule has 2 aliphatic rings. The average Bonchev–Trinajstić information content (AvgIpc) is 2.93. The number of fused-ring (bicyclic) bond motifs is 3. The summed E-state index contributed by atoms with van der Waals surface area (Å²) in [7, 11) is 3.71. The van der Waals surface area contributed by atoms with Crippen LogP contribution in [0, 0.1) is 0 Å². The predicted molar refractivity (Wildman–Crippen MR) is 110 cm³/mol. The van der Waals surface area contributed by atoms with Crippen molar-refractivity contribution in [2.75, 3.05) is 27.2 Å². The van der Waals surface area contributed by atoms with Gasteiger partial charge in [0.25, 0.3) is 17.7 Å². The van der Waals surface area contributed by atoms with Gasteiger partial charge in [-0.1, -0.05) is 30.3 Å². The van der Waals surface area contributed by atoms with Gasteiger partial charge in [-0.3, -0.25) is 29.0 Å². The molecule has 29 heavy (non-hydrogen) atoms. The van der Waals surface area contributed by atoms with E-state index in [2.05, 4.69) is 0 Å². The Labute approximate surface area is 174 Å². The first-order chi connectivity index (χ1) is 13.4. The van der Waals surface area contributed by atoms with Crippen molar-refractivity contribution >= 4 is 46.8 Å². The monoisotopic (exact) mass is 415 g/mol. The number of nitrogens with zero attached hydrogens (tertiary/aromatic N) is 3. The standard InChI is InChI=1S/C21H21N3O4.ClH/c1-22(2)11-12-23-17(25)10-9-16(20(23)27)24-19(26)15-8-7-13-5-3-4-6-14(13)18(15)21(24)28;/h3-8,16H,9-12H2,1-2H3;1H. The molecule has 0 bridgehead atoms. The van der Waals surface area contributed by atoms with E-state index in [-0.39, 0.29) is 37.7 Å². The minimum Gasteiger partial charge on any atom is -0.308 e. The second-order valence-corrected chi connectivity index (χ2v) is 7.43. The fourth-order valence-corrected chi connectivity index (χ4v) is 3.90. The molecule has 1 saturated heterocycles. The zero-order valence-electron chi connectivity index (χ0n) is 16.3. The first-order valence-electron chi connectivity index (χ1n) is 9.28. The first-order valence-corrected chi connectivity index (χ1v) is 9.28. The molecular formula is C21H22ClN3O4. The van der Waals surface area contributed by atoms with E-state index in [0.29, 0.717) is 23.1 Å². The molecule has 0 aliphatic carbocycles. The Morgan fingerprint density at radius 3 is 2.45 bits per heavy atom. The third-order valence-electron chi connectivity index (χ3n) is 5.38. The maximum Gasteiger partial charge on any atom is 0.262 e. The van der Waals surface area contributed by atoms with Gasteiger partial charge in [-0.05, 0) is 37.4 Å². The minimum atomic E-state index is -0.939. The summed E-state index contributed by atoms with van der Waals surface area (Å²) in [6, 6.07) is 9.87. The predicted octanol–water partition coefficient (Wildman–Crippen LogP) is 1.94. The second-order valence-electron chi connectivity index (χ2n) is 7.43. The zero-order chi connectivity index (χ0) is 20.0. The number of benzene rings is 2. The van der Waals surface area contributed by atoms with E-state index in [1.807, 2.05) is 37.2 Å². The number of hydrogen-bond donors (Lipinski definition) is 0. The van der Waals surface area contributed by atoms with E-state index in [1.54, 1.807) is 18.2 Å². The quantitative estimate of drug-likeness (QED) is 0.713. The van der Waals surface area contributed by atoms with E-state index in [9.17, 15) is 19.2 Å². The van der Waals surface area contributed by atoms with Crippen LogP contribution in [0.25, 0.3) is 10.8 Å². The Kier molecular flexibility index (Phi) is 5.73. The Morgan fingerprint density at radius 2 is 1.72 bits per heavy atom. The van der Waals surface area contributed by atoms with Crippen molar-refractivity contribution < 1.29 is 19.2 Å². The molecule has 152 valence electrons. The SMILES string of the molecule is CN(C)CCN1C(=O)CCC(N2C(=O)c3ccc4ccccc4c3C2=O)C1=O.Cl. The van der Waals surface area contributed by atoms with Gasteiger partial charge in [0.15, 0.2) is 0 Å². The highest BCUT2D eigenvalue weighted by atomic mass is 35.5. The van der Waals surface area contributed by atoms with Crippen molar-refractivity contribution in [3.8, 4) is 0 Å². The summed E-state index contributed by atoms with van der Waals surface area (Å²) in [4.78, 5) is 55.5. The fraction of sp³-hybridized carbons (Fsp3) is 0.333. The number of likely N-dealkylation sites (tertiary alicyclic amines) is 1. The summed E-state index contributed by atoms with van der Waals surface area (Å²) in [5.41, 5.74) is 0.654. The molecule has 8 heteroatoms. The van der Waals surface area contributed by atoms with Gasteiger partial charge in [0.2, 0.25) is 5.91 Å². The van der Waals surface area contributed by atoms with Crippen LogP contribution < -0.4 is 0 Å². The summed E-state index contributed by atoms with van der Waals surface area (Å²) in [6.45, 7) is 0.768. The molecular weight excluding hydrogens is 394 g/mol. The van der Waals surface area contributed by atoms with Crippen LogP contribution >= 0.6 is 12.4 Å². The maximum absolute atomic E-state index is 13.2. The van der Waals surface area contributed by atoms with Crippen LogP contribution in [0.4, 0.5) is 0 Å². The third-order valence-corrected chi connectivity index (χ3v) is 5.38. The molecule has 2 aromatic carbocycles. The minimum absolute atomic E-state index is 0. The van der Waals surface area contributed by atoms with Gasteiger partial charge in [-0.25, -0.2) is 0 Å². The summed E-state index contributed by atoms with van der Waals surface area (Å²) < 4.78 is 0. The number of imide groups is 2. The van der Waals surface area contributed by atoms with Crippen molar-refractivity contribution in [3.05, 3.63) is 47.5 Å². The summed E-state index contributed by atoms with van der Waals surface area (Å²) >= 11 is 0. The summed E-state index contributed by atoms with van der Waals surface area (Å²) in [6.07, 6.45) is 0.303. The van der Waals surface area contributed by atoms with Gasteiger partial charge >= 0.3 is 0 Å². The van der Waals surface area contributed by atoms with Crippen LogP contribution in [0.3, 0.4) is 0 Å². The van der Waals surface area contributed by atoms with Crippen molar-refractivity contribution in [2.24, 2.45) is 0 Å². The van der Waals surface area contributed by atoms with Crippen molar-refractivity contribution in [3.63, 3.8) is 0 Å². The molecule has 0 radical (unpaired) electrons. The zero-order valence-corrected chi connectivity index (χ0v) is 17.1. The van der Waals surface area contributed by atoms with Gasteiger partial charge < -0.3 is 4.90 Å². The highest BCUT2D eigenvalue weighted by Gasteiger charge is 2.47. The number of likely N-dealkylation sites (N-methyl/N-ethyl adjacent to an activating group) is 1. The normalized spacial score (nSPS) is 19.2. The molecule has 1 fully saturated rings. The summed E-state index contributed by atoms with van der Waals surface area (Å²) in [5.74, 6) is -1.66. The lowest BCUT2D eigenvalue weighted by Crippen LogP contribution is -2.57. The van der Waals surface area contributed by atoms with Crippen LogP contribution in [0.5, 0.6) is 0 Å². The van der Waals surface area contributed by atoms with Gasteiger partial charge in [0.05, 0.1) is 11.1 Å². The van der Waals surface area contributed by atoms with Gasteiger partial charge in [-0.15, -0.1) is 12.4 Å². The van der Waals surface area contributed by atoms with E-state index >= 15 is 0 Å². The molecule has 2 heterocycles. The third kappa shape index (κ3) is 3.41. The van der Waals surface area contributed by atoms with Crippen LogP contribution in [-0.4, -0.2) is 71.6 Å². The molecule has 2 aliphatic heterocycles. The molecule has 4 rings (SSSR count). The Morgan fingerprint density at radius 1 is 1.00 bits per heavy atom. The Hall–Kier alpha value is -2.77. The number of hydrogen-bond acceptors (Lipinski definition) is 5. The molecule has 1 unspecified atom stereocenters. The van der Waals surface area contributed by atoms with Crippen molar-refractivity contribution in [1.82, 2.24) is 14.7 Å². The van der Waals surface area contributed by atoms with E-state index in [1.165, 1.54) is 4.90 Å². The maximum atomic E-state index is 13.2. The molecule has 1 atom stereocenters. The van der Waals surface area contributed by atoms with Crippen LogP contribution in [-0.2, 0) is 9.59 Å². The van der Waals surface area contributed by atoms with E-state index in [0.717, 1.165) is 10.3 Å². The molecule has 2 aromatic rings. The average molecular weight is 416 g/mol. The van der Waals surface area contributed by atoms with Gasteiger partial charge in [0, 0.05) is 19.5 Å². The number of halogens is 1. The van der Waals surface area contributed by atoms with Crippen LogP contribution in [0.15, 0.2) is 36.4 Å². The first kappa shape index (κ1) is 21.0. The van der Waals surface area contributed by atoms with Crippen LogP contribution in [0.2, 0.25) is 0 Å². The fourth-order valence-electron chi connectivity index (χ4n) is 3.90. The molecule has 4 amide bonds. The molecule has 0 aromatic heterocycles. The lowest BCUT2D eigenvalue weighted by atomic mass is 10.0. The smallest absolute Gasteiger partial charge is 0.262 e. The van der Waals surface area contributed by atoms with Crippen LogP contribution in [0.1, 0.15) is 33.6 Å².